The summed E-state index contributed by atoms with van der Waals surface area (Å²) < 4.78 is 11.3. The summed E-state index contributed by atoms with van der Waals surface area (Å²) >= 11 is 0. The van der Waals surface area contributed by atoms with Gasteiger partial charge in [-0.15, -0.1) is 0 Å². The molecule has 1 aromatic heterocycles. The molecule has 0 unspecified atom stereocenters. The molecule has 0 saturated carbocycles. The zero-order valence-electron chi connectivity index (χ0n) is 18.2. The van der Waals surface area contributed by atoms with E-state index in [1.165, 1.54) is 0 Å². The van der Waals surface area contributed by atoms with Gasteiger partial charge in [0, 0.05) is 16.8 Å². The summed E-state index contributed by atoms with van der Waals surface area (Å²) in [5.41, 5.74) is 4.86. The number of amides is 2. The molecule has 162 valence electrons. The summed E-state index contributed by atoms with van der Waals surface area (Å²) in [6.45, 7) is 5.73. The van der Waals surface area contributed by atoms with Crippen molar-refractivity contribution in [2.45, 2.75) is 20.8 Å². The van der Waals surface area contributed by atoms with Crippen LogP contribution < -0.4 is 15.4 Å². The third-order valence-electron chi connectivity index (χ3n) is 5.32. The molecule has 3 aromatic carbocycles. The third-order valence-corrected chi connectivity index (χ3v) is 5.32. The van der Waals surface area contributed by atoms with Crippen molar-refractivity contribution in [3.8, 4) is 5.75 Å². The van der Waals surface area contributed by atoms with Gasteiger partial charge in [-0.25, -0.2) is 0 Å². The molecule has 1 heterocycles. The number of nitrogens with one attached hydrogen (secondary N) is 2. The van der Waals surface area contributed by atoms with Gasteiger partial charge in [0.15, 0.2) is 12.4 Å². The average Bonchev–Trinajstić information content (AvgIpc) is 3.21. The molecule has 0 fully saturated rings. The number of carbonyl (C=O) groups is 2. The van der Waals surface area contributed by atoms with Crippen LogP contribution in [0.5, 0.6) is 5.75 Å². The highest BCUT2D eigenvalue weighted by Crippen LogP contribution is 2.24. The summed E-state index contributed by atoms with van der Waals surface area (Å²) in [5.74, 6) is 0.346. The smallest absolute Gasteiger partial charge is 0.291 e. The number of anilines is 2. The van der Waals surface area contributed by atoms with Gasteiger partial charge in [-0.05, 0) is 73.9 Å². The van der Waals surface area contributed by atoms with Crippen molar-refractivity contribution in [3.05, 3.63) is 89.2 Å². The number of benzene rings is 3. The number of rotatable bonds is 6. The molecule has 0 bridgehead atoms. The number of hydrogen-bond donors (Lipinski definition) is 2. The van der Waals surface area contributed by atoms with E-state index in [0.29, 0.717) is 22.7 Å². The number of hydrogen-bond acceptors (Lipinski definition) is 4. The number of para-hydroxylation sites is 1. The molecule has 4 rings (SSSR count). The van der Waals surface area contributed by atoms with E-state index in [1.54, 1.807) is 24.3 Å². The molecular formula is C26H24N2O4. The van der Waals surface area contributed by atoms with E-state index in [0.717, 1.165) is 22.1 Å². The van der Waals surface area contributed by atoms with E-state index < -0.39 is 0 Å². The minimum atomic E-state index is -0.331. The maximum atomic E-state index is 12.6. The fraction of sp³-hybridized carbons (Fsp3) is 0.154. The van der Waals surface area contributed by atoms with Crippen molar-refractivity contribution in [2.75, 3.05) is 17.2 Å². The first kappa shape index (κ1) is 21.2. The lowest BCUT2D eigenvalue weighted by molar-refractivity contribution is -0.118. The molecule has 32 heavy (non-hydrogen) atoms. The Morgan fingerprint density at radius 1 is 0.875 bits per heavy atom. The van der Waals surface area contributed by atoms with Crippen LogP contribution in [0.2, 0.25) is 0 Å². The SMILES string of the molecule is Cc1cc(NC(=O)COc2cccc(C)c2C)ccc1NC(=O)c1cc2ccccc2o1. The first-order valence-corrected chi connectivity index (χ1v) is 10.3. The highest BCUT2D eigenvalue weighted by atomic mass is 16.5. The van der Waals surface area contributed by atoms with Gasteiger partial charge in [-0.1, -0.05) is 30.3 Å². The Labute approximate surface area is 186 Å². The third kappa shape index (κ3) is 4.64. The Kier molecular flexibility index (Phi) is 5.94. The van der Waals surface area contributed by atoms with Gasteiger partial charge in [0.1, 0.15) is 11.3 Å². The molecule has 4 aromatic rings. The van der Waals surface area contributed by atoms with E-state index in [9.17, 15) is 9.59 Å². The van der Waals surface area contributed by atoms with Gasteiger partial charge in [-0.3, -0.25) is 9.59 Å². The lowest BCUT2D eigenvalue weighted by Gasteiger charge is -2.12. The number of carbonyl (C=O) groups excluding carboxylic acids is 2. The Morgan fingerprint density at radius 3 is 2.47 bits per heavy atom. The fourth-order valence-electron chi connectivity index (χ4n) is 3.38. The highest BCUT2D eigenvalue weighted by Gasteiger charge is 2.14. The van der Waals surface area contributed by atoms with E-state index in [4.69, 9.17) is 9.15 Å². The maximum Gasteiger partial charge on any atom is 0.291 e. The van der Waals surface area contributed by atoms with Crippen molar-refractivity contribution in [3.63, 3.8) is 0 Å². The zero-order chi connectivity index (χ0) is 22.7. The minimum absolute atomic E-state index is 0.0894. The van der Waals surface area contributed by atoms with Crippen LogP contribution in [0.25, 0.3) is 11.0 Å². The molecule has 0 aliphatic carbocycles. The molecule has 6 heteroatoms. The van der Waals surface area contributed by atoms with Gasteiger partial charge in [0.25, 0.3) is 11.8 Å². The Morgan fingerprint density at radius 2 is 1.69 bits per heavy atom. The van der Waals surface area contributed by atoms with Crippen molar-refractivity contribution in [2.24, 2.45) is 0 Å². The second kappa shape index (κ2) is 8.98. The molecule has 0 aliphatic heterocycles. The predicted octanol–water partition coefficient (Wildman–Crippen LogP) is 5.63. The second-order valence-corrected chi connectivity index (χ2v) is 7.67. The molecule has 0 spiro atoms. The first-order valence-electron chi connectivity index (χ1n) is 10.3. The minimum Gasteiger partial charge on any atom is -0.483 e. The number of aryl methyl sites for hydroxylation is 2. The van der Waals surface area contributed by atoms with Crippen LogP contribution in [0.1, 0.15) is 27.2 Å². The van der Waals surface area contributed by atoms with Crippen LogP contribution in [-0.2, 0) is 4.79 Å². The maximum absolute atomic E-state index is 12.6. The Balaban J connectivity index is 1.37. The largest absolute Gasteiger partial charge is 0.483 e. The van der Waals surface area contributed by atoms with Gasteiger partial charge in [-0.2, -0.15) is 0 Å². The van der Waals surface area contributed by atoms with Gasteiger partial charge in [0.2, 0.25) is 0 Å². The zero-order valence-corrected chi connectivity index (χ0v) is 18.2. The number of fused-ring (bicyclic) bond motifs is 1. The van der Waals surface area contributed by atoms with Crippen LogP contribution in [0.4, 0.5) is 11.4 Å². The standard InChI is InChI=1S/C26H24N2O4/c1-16-7-6-10-22(18(16)3)31-15-25(29)27-20-11-12-21(17(2)13-20)28-26(30)24-14-19-8-4-5-9-23(19)32-24/h4-14H,15H2,1-3H3,(H,27,29)(H,28,30). The molecule has 0 atom stereocenters. The van der Waals surface area contributed by atoms with Gasteiger partial charge < -0.3 is 19.8 Å². The van der Waals surface area contributed by atoms with Gasteiger partial charge in [0.05, 0.1) is 0 Å². The summed E-state index contributed by atoms with van der Waals surface area (Å²) in [4.78, 5) is 24.9. The lowest BCUT2D eigenvalue weighted by Crippen LogP contribution is -2.20. The molecule has 2 amide bonds. The fourth-order valence-corrected chi connectivity index (χ4v) is 3.38. The van der Waals surface area contributed by atoms with Crippen LogP contribution in [-0.4, -0.2) is 18.4 Å². The second-order valence-electron chi connectivity index (χ2n) is 7.67. The van der Waals surface area contributed by atoms with Crippen LogP contribution in [0.15, 0.2) is 71.1 Å². The molecule has 0 radical (unpaired) electrons. The quantitative estimate of drug-likeness (QED) is 0.417. The molecule has 0 saturated heterocycles. The summed E-state index contributed by atoms with van der Waals surface area (Å²) in [5, 5.41) is 6.55. The van der Waals surface area contributed by atoms with E-state index in [2.05, 4.69) is 10.6 Å². The number of furan rings is 1. The van der Waals surface area contributed by atoms with Crippen molar-refractivity contribution < 1.29 is 18.7 Å². The van der Waals surface area contributed by atoms with Crippen LogP contribution in [0, 0.1) is 20.8 Å². The molecule has 6 nitrogen and oxygen atoms in total. The van der Waals surface area contributed by atoms with Crippen molar-refractivity contribution >= 4 is 34.2 Å². The number of ether oxygens (including phenoxy) is 1. The monoisotopic (exact) mass is 428 g/mol. The van der Waals surface area contributed by atoms with Crippen LogP contribution >= 0.6 is 0 Å². The molecule has 0 aliphatic rings. The van der Waals surface area contributed by atoms with Crippen molar-refractivity contribution in [1.82, 2.24) is 0 Å². The van der Waals surface area contributed by atoms with Crippen molar-refractivity contribution in [1.29, 1.82) is 0 Å². The summed E-state index contributed by atoms with van der Waals surface area (Å²) in [6.07, 6.45) is 0. The lowest BCUT2D eigenvalue weighted by atomic mass is 10.1. The molecule has 2 N–H and O–H groups in total. The topological polar surface area (TPSA) is 80.6 Å². The van der Waals surface area contributed by atoms with E-state index in [-0.39, 0.29) is 24.2 Å². The summed E-state index contributed by atoms with van der Waals surface area (Å²) in [6, 6.07) is 20.2. The van der Waals surface area contributed by atoms with E-state index in [1.807, 2.05) is 63.2 Å². The Hall–Kier alpha value is -4.06. The Bertz CT molecular complexity index is 1270. The molecular weight excluding hydrogens is 404 g/mol. The first-order chi connectivity index (χ1) is 15.4. The van der Waals surface area contributed by atoms with E-state index >= 15 is 0 Å². The average molecular weight is 428 g/mol. The van der Waals surface area contributed by atoms with Gasteiger partial charge >= 0.3 is 0 Å². The van der Waals surface area contributed by atoms with Crippen LogP contribution in [0.3, 0.4) is 0 Å². The normalized spacial score (nSPS) is 10.7. The highest BCUT2D eigenvalue weighted by molar-refractivity contribution is 6.05. The summed E-state index contributed by atoms with van der Waals surface area (Å²) in [7, 11) is 0. The predicted molar refractivity (Wildman–Crippen MR) is 125 cm³/mol.